The summed E-state index contributed by atoms with van der Waals surface area (Å²) in [5.74, 6) is -0.236. The maximum absolute atomic E-state index is 12.7. The van der Waals surface area contributed by atoms with Crippen LogP contribution in [0.25, 0.3) is 0 Å². The average molecular weight is 326 g/mol. The molecular formula is C18H34N2O3. The molecule has 0 aliphatic carbocycles. The quantitative estimate of drug-likeness (QED) is 0.467. The van der Waals surface area contributed by atoms with Gasteiger partial charge in [0.25, 0.3) is 0 Å². The van der Waals surface area contributed by atoms with Crippen molar-refractivity contribution < 1.29 is 14.3 Å². The van der Waals surface area contributed by atoms with Crippen LogP contribution in [0.5, 0.6) is 0 Å². The fraction of sp³-hybridized carbons (Fsp3) is 0.833. The number of esters is 1. The largest absolute Gasteiger partial charge is 0.463 e. The lowest BCUT2D eigenvalue weighted by Crippen LogP contribution is -2.51. The number of carbonyl (C=O) groups is 2. The van der Waals surface area contributed by atoms with Gasteiger partial charge in [-0.1, -0.05) is 48.5 Å². The molecule has 0 saturated heterocycles. The van der Waals surface area contributed by atoms with Crippen LogP contribution in [0, 0.1) is 16.2 Å². The first-order valence-electron chi connectivity index (χ1n) is 8.26. The molecule has 0 unspecified atom stereocenters. The number of nitrogens with zero attached hydrogens (tertiary/aromatic N) is 1. The van der Waals surface area contributed by atoms with Gasteiger partial charge in [-0.05, 0) is 31.1 Å². The van der Waals surface area contributed by atoms with Crippen molar-refractivity contribution in [3.8, 4) is 0 Å². The summed E-state index contributed by atoms with van der Waals surface area (Å²) in [6, 6.07) is -0.394. The molecule has 0 radical (unpaired) electrons. The van der Waals surface area contributed by atoms with Gasteiger partial charge >= 0.3 is 12.0 Å². The molecule has 0 aromatic rings. The summed E-state index contributed by atoms with van der Waals surface area (Å²) in [7, 11) is 0. The predicted molar refractivity (Wildman–Crippen MR) is 94.8 cm³/mol. The van der Waals surface area contributed by atoms with Crippen molar-refractivity contribution in [3.63, 3.8) is 0 Å². The summed E-state index contributed by atoms with van der Waals surface area (Å²) in [6.07, 6.45) is 0.734. The second-order valence-corrected chi connectivity index (χ2v) is 8.19. The fourth-order valence-corrected chi connectivity index (χ4v) is 2.48. The molecule has 0 aromatic carbocycles. The Labute approximate surface area is 141 Å². The Morgan fingerprint density at radius 1 is 1.00 bits per heavy atom. The zero-order valence-electron chi connectivity index (χ0n) is 16.3. The van der Waals surface area contributed by atoms with Gasteiger partial charge in [0.1, 0.15) is 6.61 Å². The van der Waals surface area contributed by atoms with E-state index in [0.717, 1.165) is 12.1 Å². The number of ether oxygens (including phenoxy) is 1. The monoisotopic (exact) mass is 326 g/mol. The van der Waals surface area contributed by atoms with Gasteiger partial charge < -0.3 is 10.1 Å². The van der Waals surface area contributed by atoms with E-state index in [2.05, 4.69) is 10.3 Å². The van der Waals surface area contributed by atoms with Crippen LogP contribution < -0.4 is 5.32 Å². The molecule has 0 aliphatic heterocycles. The maximum atomic E-state index is 12.7. The molecule has 1 N–H and O–H groups in total. The molecule has 2 amide bonds. The van der Waals surface area contributed by atoms with Crippen LogP contribution in [0.3, 0.4) is 0 Å². The van der Waals surface area contributed by atoms with E-state index in [1.54, 1.807) is 6.92 Å². The topological polar surface area (TPSA) is 67.8 Å². The zero-order chi connectivity index (χ0) is 18.5. The van der Waals surface area contributed by atoms with Crippen molar-refractivity contribution >= 4 is 17.7 Å². The molecule has 5 nitrogen and oxygen atoms in total. The number of hydrogen-bond donors (Lipinski definition) is 1. The van der Waals surface area contributed by atoms with E-state index in [1.165, 1.54) is 0 Å². The summed E-state index contributed by atoms with van der Waals surface area (Å²) in [6.45, 7) is 18.4. The lowest BCUT2D eigenvalue weighted by molar-refractivity contribution is -0.172. The van der Waals surface area contributed by atoms with E-state index in [4.69, 9.17) is 4.74 Å². The van der Waals surface area contributed by atoms with Crippen LogP contribution in [0.4, 0.5) is 4.79 Å². The SMILES string of the molecule is CCC(C)=NC(=O)NCCOC(=O)C(C)(C(C)(C)C)C(C)(C)C. The highest BCUT2D eigenvalue weighted by atomic mass is 16.5. The molecule has 0 saturated carbocycles. The highest BCUT2D eigenvalue weighted by Gasteiger charge is 2.53. The fourth-order valence-electron chi connectivity index (χ4n) is 2.48. The van der Waals surface area contributed by atoms with Gasteiger partial charge in [-0.15, -0.1) is 0 Å². The van der Waals surface area contributed by atoms with Gasteiger partial charge in [0, 0.05) is 5.71 Å². The third kappa shape index (κ3) is 5.63. The number of hydrogen-bond acceptors (Lipinski definition) is 3. The molecule has 5 heteroatoms. The molecule has 0 aliphatic rings. The first kappa shape index (κ1) is 21.6. The summed E-state index contributed by atoms with van der Waals surface area (Å²) in [5, 5.41) is 2.63. The second kappa shape index (κ2) is 7.93. The second-order valence-electron chi connectivity index (χ2n) is 8.19. The Morgan fingerprint density at radius 3 is 1.87 bits per heavy atom. The van der Waals surface area contributed by atoms with E-state index in [-0.39, 0.29) is 30.0 Å². The first-order chi connectivity index (χ1) is 10.3. The van der Waals surface area contributed by atoms with E-state index in [0.29, 0.717) is 0 Å². The third-order valence-corrected chi connectivity index (χ3v) is 4.82. The predicted octanol–water partition coefficient (Wildman–Crippen LogP) is 4.21. The minimum Gasteiger partial charge on any atom is -0.463 e. The Bertz CT molecular complexity index is 440. The average Bonchev–Trinajstić information content (AvgIpc) is 2.39. The standard InChI is InChI=1S/C18H34N2O3/c1-10-13(2)20-15(22)19-11-12-23-14(21)18(9,16(3,4)5)17(6,7)8/h10-12H2,1-9H3,(H,19,22). The van der Waals surface area contributed by atoms with Crippen LogP contribution in [0.1, 0.15) is 68.7 Å². The number of carbonyl (C=O) groups excluding carboxylic acids is 2. The van der Waals surface area contributed by atoms with Gasteiger partial charge in [-0.25, -0.2) is 9.79 Å². The number of urea groups is 1. The number of nitrogens with one attached hydrogen (secondary N) is 1. The van der Waals surface area contributed by atoms with Gasteiger partial charge in [-0.2, -0.15) is 0 Å². The van der Waals surface area contributed by atoms with Crippen molar-refractivity contribution in [1.29, 1.82) is 0 Å². The van der Waals surface area contributed by atoms with E-state index in [1.807, 2.05) is 55.4 Å². The molecule has 0 atom stereocenters. The first-order valence-corrected chi connectivity index (χ1v) is 8.26. The maximum Gasteiger partial charge on any atom is 0.340 e. The van der Waals surface area contributed by atoms with E-state index >= 15 is 0 Å². The van der Waals surface area contributed by atoms with Crippen molar-refractivity contribution in [1.82, 2.24) is 5.32 Å². The third-order valence-electron chi connectivity index (χ3n) is 4.82. The van der Waals surface area contributed by atoms with Crippen LogP contribution >= 0.6 is 0 Å². The van der Waals surface area contributed by atoms with Crippen LogP contribution in [-0.4, -0.2) is 30.9 Å². The molecule has 23 heavy (non-hydrogen) atoms. The van der Waals surface area contributed by atoms with Crippen molar-refractivity contribution in [2.45, 2.75) is 68.7 Å². The van der Waals surface area contributed by atoms with E-state index < -0.39 is 11.4 Å². The summed E-state index contributed by atoms with van der Waals surface area (Å²) in [5.41, 5.74) is -0.351. The number of aliphatic imine (C=N–C) groups is 1. The van der Waals surface area contributed by atoms with Crippen LogP contribution in [0.15, 0.2) is 4.99 Å². The smallest absolute Gasteiger partial charge is 0.340 e. The van der Waals surface area contributed by atoms with Gasteiger partial charge in [0.15, 0.2) is 0 Å². The minimum absolute atomic E-state index is 0.146. The Morgan fingerprint density at radius 2 is 1.48 bits per heavy atom. The van der Waals surface area contributed by atoms with Gasteiger partial charge in [0.05, 0.1) is 12.0 Å². The molecule has 0 heterocycles. The molecule has 134 valence electrons. The molecule has 0 fully saturated rings. The Hall–Kier alpha value is -1.39. The highest BCUT2D eigenvalue weighted by molar-refractivity contribution is 5.93. The molecular weight excluding hydrogens is 292 g/mol. The van der Waals surface area contributed by atoms with E-state index in [9.17, 15) is 9.59 Å². The van der Waals surface area contributed by atoms with Crippen molar-refractivity contribution in [2.75, 3.05) is 13.2 Å². The molecule has 0 spiro atoms. The molecule has 0 aromatic heterocycles. The zero-order valence-corrected chi connectivity index (χ0v) is 16.3. The number of rotatable bonds is 5. The van der Waals surface area contributed by atoms with Crippen LogP contribution in [-0.2, 0) is 9.53 Å². The van der Waals surface area contributed by atoms with Crippen LogP contribution in [0.2, 0.25) is 0 Å². The summed E-state index contributed by atoms with van der Waals surface area (Å²) >= 11 is 0. The van der Waals surface area contributed by atoms with Gasteiger partial charge in [-0.3, -0.25) is 4.79 Å². The molecule has 0 rings (SSSR count). The lowest BCUT2D eigenvalue weighted by Gasteiger charge is -2.48. The Kier molecular flexibility index (Phi) is 7.45. The van der Waals surface area contributed by atoms with Crippen molar-refractivity contribution in [2.24, 2.45) is 21.2 Å². The summed E-state index contributed by atoms with van der Waals surface area (Å²) in [4.78, 5) is 28.1. The minimum atomic E-state index is -0.638. The Balaban J connectivity index is 4.68. The lowest BCUT2D eigenvalue weighted by atomic mass is 9.55. The highest BCUT2D eigenvalue weighted by Crippen LogP contribution is 2.51. The van der Waals surface area contributed by atoms with Crippen molar-refractivity contribution in [3.05, 3.63) is 0 Å². The number of amides is 2. The molecule has 0 bridgehead atoms. The summed E-state index contributed by atoms with van der Waals surface area (Å²) < 4.78 is 5.44. The van der Waals surface area contributed by atoms with Gasteiger partial charge in [0.2, 0.25) is 0 Å². The normalized spacial score (nSPS) is 13.7.